The summed E-state index contributed by atoms with van der Waals surface area (Å²) in [6.45, 7) is 0.807. The zero-order valence-electron chi connectivity index (χ0n) is 10.3. The molecule has 1 aromatic carbocycles. The molecule has 0 radical (unpaired) electrons. The molecular formula is C14H15NO3. The lowest BCUT2D eigenvalue weighted by Crippen LogP contribution is -2.06. The molecule has 0 bridgehead atoms. The third kappa shape index (κ3) is 1.69. The maximum Gasteiger partial charge on any atom is 0.338 e. The van der Waals surface area contributed by atoms with Crippen LogP contribution in [0.1, 0.15) is 29.4 Å². The number of benzene rings is 1. The van der Waals surface area contributed by atoms with Crippen LogP contribution in [-0.2, 0) is 9.47 Å². The molecule has 1 aliphatic heterocycles. The Morgan fingerprint density at radius 1 is 1.44 bits per heavy atom. The number of rotatable bonds is 2. The lowest BCUT2D eigenvalue weighted by atomic mass is 10.1. The summed E-state index contributed by atoms with van der Waals surface area (Å²) in [5, 5.41) is 0.917. The van der Waals surface area contributed by atoms with Crippen LogP contribution in [0.25, 0.3) is 10.9 Å². The molecule has 1 unspecified atom stereocenters. The van der Waals surface area contributed by atoms with E-state index in [0.29, 0.717) is 5.56 Å². The topological polar surface area (TPSA) is 40.5 Å². The summed E-state index contributed by atoms with van der Waals surface area (Å²) in [5.41, 5.74) is 1.62. The van der Waals surface area contributed by atoms with Crippen molar-refractivity contribution in [1.29, 1.82) is 0 Å². The van der Waals surface area contributed by atoms with Crippen LogP contribution in [-0.4, -0.2) is 24.3 Å². The fourth-order valence-electron chi connectivity index (χ4n) is 2.51. The highest BCUT2D eigenvalue weighted by Crippen LogP contribution is 2.29. The number of fused-ring (bicyclic) bond motifs is 1. The minimum Gasteiger partial charge on any atom is -0.465 e. The van der Waals surface area contributed by atoms with Crippen LogP contribution >= 0.6 is 0 Å². The molecule has 4 nitrogen and oxygen atoms in total. The fraction of sp³-hybridized carbons (Fsp3) is 0.357. The van der Waals surface area contributed by atoms with Gasteiger partial charge in [0.15, 0.2) is 0 Å². The van der Waals surface area contributed by atoms with Gasteiger partial charge in [-0.05, 0) is 31.0 Å². The average Bonchev–Trinajstić information content (AvgIpc) is 3.05. The van der Waals surface area contributed by atoms with E-state index < -0.39 is 0 Å². The van der Waals surface area contributed by atoms with E-state index in [2.05, 4.69) is 4.57 Å². The van der Waals surface area contributed by atoms with E-state index in [4.69, 9.17) is 9.47 Å². The molecule has 18 heavy (non-hydrogen) atoms. The van der Waals surface area contributed by atoms with Crippen molar-refractivity contribution in [3.8, 4) is 0 Å². The summed E-state index contributed by atoms with van der Waals surface area (Å²) in [6.07, 6.45) is 4.18. The largest absolute Gasteiger partial charge is 0.465 e. The maximum absolute atomic E-state index is 11.7. The van der Waals surface area contributed by atoms with E-state index in [1.54, 1.807) is 6.07 Å². The third-order valence-electron chi connectivity index (χ3n) is 3.38. The van der Waals surface area contributed by atoms with Crippen LogP contribution in [0.2, 0.25) is 0 Å². The van der Waals surface area contributed by atoms with Gasteiger partial charge < -0.3 is 14.0 Å². The molecule has 0 aliphatic carbocycles. The molecule has 1 saturated heterocycles. The summed E-state index contributed by atoms with van der Waals surface area (Å²) in [6, 6.07) is 7.61. The highest BCUT2D eigenvalue weighted by Gasteiger charge is 2.20. The zero-order valence-corrected chi connectivity index (χ0v) is 10.3. The molecule has 0 spiro atoms. The van der Waals surface area contributed by atoms with Crippen molar-refractivity contribution in [2.75, 3.05) is 13.7 Å². The second-order valence-electron chi connectivity index (χ2n) is 4.42. The number of hydrogen-bond donors (Lipinski definition) is 0. The van der Waals surface area contributed by atoms with Crippen molar-refractivity contribution in [3.05, 3.63) is 36.0 Å². The molecule has 0 amide bonds. The normalized spacial score (nSPS) is 19.3. The number of nitrogens with zero attached hydrogens (tertiary/aromatic N) is 1. The SMILES string of the molecule is COC(=O)c1cccc2c1ccn2C1CCCO1. The minimum absolute atomic E-state index is 0.0930. The molecule has 1 aliphatic rings. The quantitative estimate of drug-likeness (QED) is 0.764. The van der Waals surface area contributed by atoms with Crippen LogP contribution in [0.15, 0.2) is 30.5 Å². The van der Waals surface area contributed by atoms with Crippen molar-refractivity contribution >= 4 is 16.9 Å². The molecule has 2 aromatic rings. The lowest BCUT2D eigenvalue weighted by Gasteiger charge is -2.13. The highest BCUT2D eigenvalue weighted by atomic mass is 16.5. The first-order valence-electron chi connectivity index (χ1n) is 6.11. The van der Waals surface area contributed by atoms with E-state index in [9.17, 15) is 4.79 Å². The first-order chi connectivity index (χ1) is 8.81. The summed E-state index contributed by atoms with van der Waals surface area (Å²) in [7, 11) is 1.40. The summed E-state index contributed by atoms with van der Waals surface area (Å²) < 4.78 is 12.6. The Labute approximate surface area is 105 Å². The van der Waals surface area contributed by atoms with Crippen LogP contribution < -0.4 is 0 Å². The van der Waals surface area contributed by atoms with E-state index in [-0.39, 0.29) is 12.2 Å². The van der Waals surface area contributed by atoms with Crippen molar-refractivity contribution in [1.82, 2.24) is 4.57 Å². The van der Waals surface area contributed by atoms with Gasteiger partial charge in [0.25, 0.3) is 0 Å². The van der Waals surface area contributed by atoms with Crippen LogP contribution in [0.3, 0.4) is 0 Å². The summed E-state index contributed by atoms with van der Waals surface area (Å²) in [5.74, 6) is -0.300. The van der Waals surface area contributed by atoms with Gasteiger partial charge in [-0.25, -0.2) is 4.79 Å². The van der Waals surface area contributed by atoms with Gasteiger partial charge in [0.1, 0.15) is 6.23 Å². The van der Waals surface area contributed by atoms with E-state index >= 15 is 0 Å². The van der Waals surface area contributed by atoms with Crippen LogP contribution in [0.5, 0.6) is 0 Å². The molecule has 1 fully saturated rings. The average molecular weight is 245 g/mol. The standard InChI is InChI=1S/C14H15NO3/c1-17-14(16)11-4-2-5-12-10(11)7-8-15(12)13-6-3-9-18-13/h2,4-5,7-8,13H,3,6,9H2,1H3. The summed E-state index contributed by atoms with van der Waals surface area (Å²) >= 11 is 0. The van der Waals surface area contributed by atoms with Crippen molar-refractivity contribution in [3.63, 3.8) is 0 Å². The van der Waals surface area contributed by atoms with Gasteiger partial charge in [0.2, 0.25) is 0 Å². The zero-order chi connectivity index (χ0) is 12.5. The smallest absolute Gasteiger partial charge is 0.338 e. The second kappa shape index (κ2) is 4.46. The first-order valence-corrected chi connectivity index (χ1v) is 6.11. The molecule has 2 heterocycles. The monoisotopic (exact) mass is 245 g/mol. The van der Waals surface area contributed by atoms with Crippen LogP contribution in [0, 0.1) is 0 Å². The maximum atomic E-state index is 11.7. The van der Waals surface area contributed by atoms with Gasteiger partial charge >= 0.3 is 5.97 Å². The third-order valence-corrected chi connectivity index (χ3v) is 3.38. The Balaban J connectivity index is 2.11. The Kier molecular flexibility index (Phi) is 2.80. The molecule has 0 N–H and O–H groups in total. The minimum atomic E-state index is -0.300. The predicted molar refractivity (Wildman–Crippen MR) is 67.5 cm³/mol. The number of carbonyl (C=O) groups is 1. The van der Waals surface area contributed by atoms with E-state index in [1.807, 2.05) is 24.4 Å². The van der Waals surface area contributed by atoms with Gasteiger partial charge in [-0.3, -0.25) is 0 Å². The number of carbonyl (C=O) groups excluding carboxylic acids is 1. The lowest BCUT2D eigenvalue weighted by molar-refractivity contribution is 0.0594. The van der Waals surface area contributed by atoms with Gasteiger partial charge in [-0.2, -0.15) is 0 Å². The van der Waals surface area contributed by atoms with Crippen molar-refractivity contribution < 1.29 is 14.3 Å². The number of methoxy groups -OCH3 is 1. The molecule has 0 saturated carbocycles. The first kappa shape index (κ1) is 11.3. The molecule has 1 aromatic heterocycles. The van der Waals surface area contributed by atoms with Gasteiger partial charge in [-0.1, -0.05) is 6.07 Å². The Bertz CT molecular complexity index is 582. The van der Waals surface area contributed by atoms with Crippen LogP contribution in [0.4, 0.5) is 0 Å². The molecule has 94 valence electrons. The number of hydrogen-bond acceptors (Lipinski definition) is 3. The molecular weight excluding hydrogens is 230 g/mol. The number of aromatic nitrogens is 1. The summed E-state index contributed by atoms with van der Waals surface area (Å²) in [4.78, 5) is 11.7. The van der Waals surface area contributed by atoms with E-state index in [1.165, 1.54) is 7.11 Å². The van der Waals surface area contributed by atoms with Gasteiger partial charge in [-0.15, -0.1) is 0 Å². The number of ether oxygens (including phenoxy) is 2. The second-order valence-corrected chi connectivity index (χ2v) is 4.42. The fourth-order valence-corrected chi connectivity index (χ4v) is 2.51. The predicted octanol–water partition coefficient (Wildman–Crippen LogP) is 2.74. The van der Waals surface area contributed by atoms with E-state index in [0.717, 1.165) is 30.4 Å². The molecule has 1 atom stereocenters. The molecule has 3 rings (SSSR count). The Hall–Kier alpha value is -1.81. The van der Waals surface area contributed by atoms with Crippen molar-refractivity contribution in [2.24, 2.45) is 0 Å². The van der Waals surface area contributed by atoms with Gasteiger partial charge in [0, 0.05) is 18.2 Å². The Morgan fingerprint density at radius 3 is 3.06 bits per heavy atom. The van der Waals surface area contributed by atoms with Crippen molar-refractivity contribution in [2.45, 2.75) is 19.1 Å². The molecule has 4 heteroatoms. The van der Waals surface area contributed by atoms with Gasteiger partial charge in [0.05, 0.1) is 18.2 Å². The Morgan fingerprint density at radius 2 is 2.33 bits per heavy atom. The number of esters is 1. The highest BCUT2D eigenvalue weighted by molar-refractivity contribution is 6.03.